The third-order valence-corrected chi connectivity index (χ3v) is 7.66. The fourth-order valence-corrected chi connectivity index (χ4v) is 5.01. The standard InChI is InChI=1S/C24H23Cl3F3N3O2/c1-3-33-10-16(11-35-33)32-22(34)17-5-4-14(6-13(17)2)20-9-23(12-31-20,24(28,29)30)15-7-18(25)21(27)19(26)8-15/h4-8,16H,3,9-12H2,1-2H3,(H,32,34)/t16-,23?/m0/s1. The molecule has 2 aromatic carbocycles. The Bertz CT molecular complexity index is 1170. The molecule has 1 fully saturated rings. The Balaban J connectivity index is 1.56. The van der Waals surface area contributed by atoms with E-state index in [1.165, 1.54) is 12.1 Å². The number of nitrogens with one attached hydrogen (secondary N) is 1. The molecule has 0 bridgehead atoms. The summed E-state index contributed by atoms with van der Waals surface area (Å²) in [6.07, 6.45) is -4.99. The van der Waals surface area contributed by atoms with E-state index in [1.807, 2.05) is 6.92 Å². The number of hydroxylamine groups is 2. The van der Waals surface area contributed by atoms with Crippen molar-refractivity contribution in [3.63, 3.8) is 0 Å². The molecule has 2 aliphatic rings. The lowest BCUT2D eigenvalue weighted by molar-refractivity contribution is -0.183. The summed E-state index contributed by atoms with van der Waals surface area (Å²) in [4.78, 5) is 22.5. The highest BCUT2D eigenvalue weighted by atomic mass is 35.5. The summed E-state index contributed by atoms with van der Waals surface area (Å²) >= 11 is 18.0. The van der Waals surface area contributed by atoms with Crippen LogP contribution in [-0.2, 0) is 10.3 Å². The first-order valence-corrected chi connectivity index (χ1v) is 12.1. The van der Waals surface area contributed by atoms with E-state index in [0.717, 1.165) is 6.54 Å². The maximum atomic E-state index is 14.4. The van der Waals surface area contributed by atoms with Crippen LogP contribution in [0.4, 0.5) is 13.2 Å². The average molecular weight is 549 g/mol. The van der Waals surface area contributed by atoms with Gasteiger partial charge in [-0.3, -0.25) is 14.6 Å². The Morgan fingerprint density at radius 3 is 2.49 bits per heavy atom. The molecule has 0 radical (unpaired) electrons. The maximum absolute atomic E-state index is 14.4. The smallest absolute Gasteiger partial charge is 0.346 e. The molecule has 35 heavy (non-hydrogen) atoms. The van der Waals surface area contributed by atoms with Crippen LogP contribution < -0.4 is 5.32 Å². The van der Waals surface area contributed by atoms with Gasteiger partial charge >= 0.3 is 6.18 Å². The third kappa shape index (κ3) is 5.04. The summed E-state index contributed by atoms with van der Waals surface area (Å²) in [5, 5.41) is 4.62. The van der Waals surface area contributed by atoms with E-state index in [-0.39, 0.29) is 39.0 Å². The van der Waals surface area contributed by atoms with E-state index < -0.39 is 18.1 Å². The first kappa shape index (κ1) is 26.2. The van der Waals surface area contributed by atoms with Crippen LogP contribution in [0.15, 0.2) is 35.3 Å². The van der Waals surface area contributed by atoms with Gasteiger partial charge in [0.15, 0.2) is 0 Å². The number of aliphatic imine (C=N–C) groups is 1. The van der Waals surface area contributed by atoms with Gasteiger partial charge in [-0.25, -0.2) is 0 Å². The van der Waals surface area contributed by atoms with Crippen LogP contribution in [-0.4, -0.2) is 55.1 Å². The summed E-state index contributed by atoms with van der Waals surface area (Å²) < 4.78 is 43.2. The number of carbonyl (C=O) groups is 1. The van der Waals surface area contributed by atoms with E-state index >= 15 is 0 Å². The van der Waals surface area contributed by atoms with Gasteiger partial charge in [-0.15, -0.1) is 0 Å². The van der Waals surface area contributed by atoms with E-state index in [4.69, 9.17) is 39.6 Å². The van der Waals surface area contributed by atoms with E-state index in [9.17, 15) is 18.0 Å². The van der Waals surface area contributed by atoms with Crippen molar-refractivity contribution in [3.8, 4) is 0 Å². The summed E-state index contributed by atoms with van der Waals surface area (Å²) in [5.41, 5.74) is -0.467. The number of alkyl halides is 3. The zero-order valence-electron chi connectivity index (χ0n) is 19.0. The molecule has 11 heteroatoms. The van der Waals surface area contributed by atoms with Crippen molar-refractivity contribution in [2.45, 2.75) is 37.9 Å². The highest BCUT2D eigenvalue weighted by Crippen LogP contribution is 2.49. The number of aryl methyl sites for hydroxylation is 1. The van der Waals surface area contributed by atoms with Crippen molar-refractivity contribution in [3.05, 3.63) is 67.7 Å². The fourth-order valence-electron chi connectivity index (χ4n) is 4.42. The summed E-state index contributed by atoms with van der Waals surface area (Å²) in [6.45, 7) is 4.91. The molecular formula is C24H23Cl3F3N3O2. The zero-order chi connectivity index (χ0) is 25.5. The number of rotatable bonds is 5. The third-order valence-electron chi connectivity index (χ3n) is 6.46. The Kier molecular flexibility index (Phi) is 7.42. The SMILES string of the molecule is CCN1C[C@H](NC(=O)c2ccc(C3=NCC(c4cc(Cl)c(Cl)c(Cl)c4)(C(F)(F)F)C3)cc2C)CO1. The number of hydrogen-bond donors (Lipinski definition) is 1. The van der Waals surface area contributed by atoms with Crippen LogP contribution in [0.2, 0.25) is 15.1 Å². The number of hydrogen-bond acceptors (Lipinski definition) is 4. The van der Waals surface area contributed by atoms with Gasteiger partial charge in [0, 0.05) is 30.8 Å². The highest BCUT2D eigenvalue weighted by molar-refractivity contribution is 6.48. The quantitative estimate of drug-likeness (QED) is 0.466. The lowest BCUT2D eigenvalue weighted by Gasteiger charge is -2.32. The summed E-state index contributed by atoms with van der Waals surface area (Å²) in [5.74, 6) is -0.260. The number of amides is 1. The predicted octanol–water partition coefficient (Wildman–Crippen LogP) is 6.01. The molecule has 4 rings (SSSR count). The van der Waals surface area contributed by atoms with Crippen LogP contribution in [0.25, 0.3) is 0 Å². The van der Waals surface area contributed by atoms with Crippen LogP contribution in [0.5, 0.6) is 0 Å². The average Bonchev–Trinajstić information content (AvgIpc) is 3.44. The van der Waals surface area contributed by atoms with Crippen molar-refractivity contribution in [2.24, 2.45) is 4.99 Å². The largest absolute Gasteiger partial charge is 0.400 e. The minimum Gasteiger partial charge on any atom is -0.346 e. The Hall–Kier alpha value is -1.84. The summed E-state index contributed by atoms with van der Waals surface area (Å²) in [6, 6.07) is 7.19. The van der Waals surface area contributed by atoms with Crippen molar-refractivity contribution in [1.82, 2.24) is 10.4 Å². The Morgan fingerprint density at radius 2 is 1.91 bits per heavy atom. The first-order chi connectivity index (χ1) is 16.4. The molecule has 188 valence electrons. The van der Waals surface area contributed by atoms with Gasteiger partial charge in [-0.05, 0) is 47.9 Å². The van der Waals surface area contributed by atoms with Gasteiger partial charge in [0.1, 0.15) is 5.41 Å². The molecule has 5 nitrogen and oxygen atoms in total. The molecule has 1 N–H and O–H groups in total. The molecule has 0 aliphatic carbocycles. The maximum Gasteiger partial charge on any atom is 0.400 e. The minimum atomic E-state index is -4.61. The van der Waals surface area contributed by atoms with E-state index in [1.54, 1.807) is 30.2 Å². The molecule has 0 aromatic heterocycles. The predicted molar refractivity (Wildman–Crippen MR) is 131 cm³/mol. The number of halogens is 6. The second kappa shape index (κ2) is 9.90. The van der Waals surface area contributed by atoms with Gasteiger partial charge in [0.2, 0.25) is 0 Å². The van der Waals surface area contributed by atoms with Crippen molar-refractivity contribution in [2.75, 3.05) is 26.2 Å². The molecule has 2 heterocycles. The Morgan fingerprint density at radius 1 is 1.23 bits per heavy atom. The first-order valence-electron chi connectivity index (χ1n) is 11.0. The van der Waals surface area contributed by atoms with Gasteiger partial charge < -0.3 is 5.32 Å². The molecular weight excluding hydrogens is 526 g/mol. The van der Waals surface area contributed by atoms with Crippen molar-refractivity contribution < 1.29 is 22.8 Å². The number of benzene rings is 2. The minimum absolute atomic E-state index is 0.00426. The molecule has 2 aromatic rings. The molecule has 1 unspecified atom stereocenters. The highest BCUT2D eigenvalue weighted by Gasteiger charge is 2.58. The van der Waals surface area contributed by atoms with Gasteiger partial charge in [0.05, 0.1) is 34.3 Å². The Labute approximate surface area is 216 Å². The molecule has 2 atom stereocenters. The zero-order valence-corrected chi connectivity index (χ0v) is 21.2. The number of nitrogens with zero attached hydrogens (tertiary/aromatic N) is 2. The normalized spacial score (nSPS) is 23.0. The molecule has 0 spiro atoms. The van der Waals surface area contributed by atoms with Crippen LogP contribution >= 0.6 is 34.8 Å². The molecule has 1 amide bonds. The summed E-state index contributed by atoms with van der Waals surface area (Å²) in [7, 11) is 0. The lowest BCUT2D eigenvalue weighted by atomic mass is 9.76. The van der Waals surface area contributed by atoms with Gasteiger partial charge in [-0.1, -0.05) is 47.8 Å². The molecule has 2 aliphatic heterocycles. The van der Waals surface area contributed by atoms with Crippen LogP contribution in [0.1, 0.15) is 40.4 Å². The van der Waals surface area contributed by atoms with Crippen LogP contribution in [0, 0.1) is 6.92 Å². The van der Waals surface area contributed by atoms with Crippen molar-refractivity contribution >= 4 is 46.4 Å². The van der Waals surface area contributed by atoms with E-state index in [0.29, 0.717) is 35.6 Å². The number of likely N-dealkylation sites (N-methyl/N-ethyl adjacent to an activating group) is 1. The number of carbonyl (C=O) groups excluding carboxylic acids is 1. The second-order valence-electron chi connectivity index (χ2n) is 8.75. The topological polar surface area (TPSA) is 53.9 Å². The molecule has 0 saturated carbocycles. The monoisotopic (exact) mass is 547 g/mol. The lowest BCUT2D eigenvalue weighted by Crippen LogP contribution is -2.43. The molecule has 1 saturated heterocycles. The van der Waals surface area contributed by atoms with Gasteiger partial charge in [0.25, 0.3) is 5.91 Å². The van der Waals surface area contributed by atoms with Crippen molar-refractivity contribution in [1.29, 1.82) is 0 Å². The second-order valence-corrected chi connectivity index (χ2v) is 9.94. The van der Waals surface area contributed by atoms with Crippen LogP contribution in [0.3, 0.4) is 0 Å². The van der Waals surface area contributed by atoms with E-state index in [2.05, 4.69) is 10.3 Å². The van der Waals surface area contributed by atoms with Gasteiger partial charge in [-0.2, -0.15) is 18.2 Å². The fraction of sp³-hybridized carbons (Fsp3) is 0.417.